The number of ether oxygens (including phenoxy) is 4. The highest BCUT2D eigenvalue weighted by Gasteiger charge is 2.33. The van der Waals surface area contributed by atoms with E-state index in [1.54, 1.807) is 18.2 Å². The maximum absolute atomic E-state index is 12.4. The molecule has 6 heteroatoms. The van der Waals surface area contributed by atoms with E-state index in [-0.39, 0.29) is 12.0 Å². The van der Waals surface area contributed by atoms with Gasteiger partial charge < -0.3 is 24.3 Å². The van der Waals surface area contributed by atoms with Crippen molar-refractivity contribution < 1.29 is 23.7 Å². The smallest absolute Gasteiger partial charge is 0.258 e. The summed E-state index contributed by atoms with van der Waals surface area (Å²) in [5, 5.41) is 2.82. The lowest BCUT2D eigenvalue weighted by Crippen LogP contribution is -2.34. The van der Waals surface area contributed by atoms with E-state index in [0.29, 0.717) is 30.2 Å². The molecule has 0 radical (unpaired) electrons. The standard InChI is InChI=1S/C15H21NO5/c1-15(2)20-9-10(21-15)8-16-14(17)13-11(18-3)6-5-7-12(13)19-4/h5-7,10H,8-9H2,1-4H3,(H,16,17). The number of hydrogen-bond acceptors (Lipinski definition) is 5. The summed E-state index contributed by atoms with van der Waals surface area (Å²) in [7, 11) is 3.03. The van der Waals surface area contributed by atoms with Gasteiger partial charge in [-0.15, -0.1) is 0 Å². The second-order valence-electron chi connectivity index (χ2n) is 5.20. The van der Waals surface area contributed by atoms with E-state index < -0.39 is 5.79 Å². The van der Waals surface area contributed by atoms with Gasteiger partial charge >= 0.3 is 0 Å². The van der Waals surface area contributed by atoms with Crippen LogP contribution in [0.2, 0.25) is 0 Å². The molecule has 1 atom stereocenters. The lowest BCUT2D eigenvalue weighted by molar-refractivity contribution is -0.137. The Hall–Kier alpha value is -1.79. The summed E-state index contributed by atoms with van der Waals surface area (Å²) in [5.74, 6) is 0.0708. The Morgan fingerprint density at radius 2 is 1.95 bits per heavy atom. The van der Waals surface area contributed by atoms with Gasteiger partial charge in [0.1, 0.15) is 23.2 Å². The highest BCUT2D eigenvalue weighted by molar-refractivity contribution is 5.99. The first-order chi connectivity index (χ1) is 9.96. The molecule has 1 aromatic rings. The number of carbonyl (C=O) groups excluding carboxylic acids is 1. The van der Waals surface area contributed by atoms with Crippen LogP contribution in [0.1, 0.15) is 24.2 Å². The molecular formula is C15H21NO5. The van der Waals surface area contributed by atoms with Gasteiger partial charge in [-0.2, -0.15) is 0 Å². The van der Waals surface area contributed by atoms with Crippen molar-refractivity contribution in [2.24, 2.45) is 0 Å². The van der Waals surface area contributed by atoms with Gasteiger partial charge in [0.25, 0.3) is 5.91 Å². The molecule has 1 aliphatic heterocycles. The average Bonchev–Trinajstić information content (AvgIpc) is 2.83. The molecule has 6 nitrogen and oxygen atoms in total. The van der Waals surface area contributed by atoms with E-state index in [9.17, 15) is 4.79 Å². The minimum Gasteiger partial charge on any atom is -0.496 e. The average molecular weight is 295 g/mol. The van der Waals surface area contributed by atoms with Gasteiger partial charge in [0.05, 0.1) is 20.8 Å². The van der Waals surface area contributed by atoms with Crippen molar-refractivity contribution in [1.29, 1.82) is 0 Å². The van der Waals surface area contributed by atoms with Crippen molar-refractivity contribution in [2.45, 2.75) is 25.7 Å². The van der Waals surface area contributed by atoms with Crippen LogP contribution in [-0.4, -0.2) is 45.2 Å². The summed E-state index contributed by atoms with van der Waals surface area (Å²) in [6.07, 6.45) is -0.162. The lowest BCUT2D eigenvalue weighted by Gasteiger charge is -2.18. The van der Waals surface area contributed by atoms with Crippen molar-refractivity contribution in [1.82, 2.24) is 5.32 Å². The first kappa shape index (κ1) is 15.6. The van der Waals surface area contributed by atoms with Gasteiger partial charge in [-0.05, 0) is 26.0 Å². The summed E-state index contributed by atoms with van der Waals surface area (Å²) >= 11 is 0. The number of rotatable bonds is 5. The van der Waals surface area contributed by atoms with Crippen LogP contribution in [0.3, 0.4) is 0 Å². The number of benzene rings is 1. The molecule has 0 aliphatic carbocycles. The van der Waals surface area contributed by atoms with Crippen LogP contribution in [-0.2, 0) is 9.47 Å². The molecule has 1 aromatic carbocycles. The molecule has 0 spiro atoms. The number of carbonyl (C=O) groups is 1. The second-order valence-corrected chi connectivity index (χ2v) is 5.20. The predicted molar refractivity (Wildman–Crippen MR) is 76.8 cm³/mol. The third kappa shape index (κ3) is 3.65. The predicted octanol–water partition coefficient (Wildman–Crippen LogP) is 1.59. The summed E-state index contributed by atoms with van der Waals surface area (Å²) in [6.45, 7) is 4.51. The fraction of sp³-hybridized carbons (Fsp3) is 0.533. The van der Waals surface area contributed by atoms with Crippen LogP contribution in [0.15, 0.2) is 18.2 Å². The quantitative estimate of drug-likeness (QED) is 0.893. The molecule has 21 heavy (non-hydrogen) atoms. The van der Waals surface area contributed by atoms with Crippen LogP contribution in [0.25, 0.3) is 0 Å². The van der Waals surface area contributed by atoms with E-state index in [1.807, 2.05) is 13.8 Å². The van der Waals surface area contributed by atoms with E-state index in [4.69, 9.17) is 18.9 Å². The van der Waals surface area contributed by atoms with E-state index >= 15 is 0 Å². The van der Waals surface area contributed by atoms with Crippen molar-refractivity contribution >= 4 is 5.91 Å². The minimum absolute atomic E-state index is 0.162. The Balaban J connectivity index is 2.04. The SMILES string of the molecule is COc1cccc(OC)c1C(=O)NCC1COC(C)(C)O1. The summed E-state index contributed by atoms with van der Waals surface area (Å²) < 4.78 is 21.5. The van der Waals surface area contributed by atoms with Crippen molar-refractivity contribution in [3.63, 3.8) is 0 Å². The van der Waals surface area contributed by atoms with Gasteiger partial charge in [0, 0.05) is 6.54 Å². The van der Waals surface area contributed by atoms with E-state index in [2.05, 4.69) is 5.32 Å². The topological polar surface area (TPSA) is 66.0 Å². The third-order valence-electron chi connectivity index (χ3n) is 3.21. The minimum atomic E-state index is -0.600. The monoisotopic (exact) mass is 295 g/mol. The molecule has 1 fully saturated rings. The third-order valence-corrected chi connectivity index (χ3v) is 3.21. The Labute approximate surface area is 124 Å². The molecule has 1 saturated heterocycles. The Morgan fingerprint density at radius 3 is 2.43 bits per heavy atom. The Bertz CT molecular complexity index is 493. The van der Waals surface area contributed by atoms with Crippen LogP contribution in [0.4, 0.5) is 0 Å². The second kappa shape index (κ2) is 6.32. The zero-order valence-corrected chi connectivity index (χ0v) is 12.8. The first-order valence-electron chi connectivity index (χ1n) is 6.78. The van der Waals surface area contributed by atoms with Gasteiger partial charge in [-0.25, -0.2) is 0 Å². The highest BCUT2D eigenvalue weighted by Crippen LogP contribution is 2.28. The fourth-order valence-corrected chi connectivity index (χ4v) is 2.23. The molecule has 116 valence electrons. The molecule has 1 aliphatic rings. The molecule has 1 unspecified atom stereocenters. The van der Waals surface area contributed by atoms with Crippen LogP contribution in [0.5, 0.6) is 11.5 Å². The maximum atomic E-state index is 12.4. The zero-order chi connectivity index (χ0) is 15.5. The van der Waals surface area contributed by atoms with Gasteiger partial charge in [0.2, 0.25) is 0 Å². The molecule has 1 amide bonds. The van der Waals surface area contributed by atoms with Crippen molar-refractivity contribution in [2.75, 3.05) is 27.4 Å². The first-order valence-corrected chi connectivity index (χ1v) is 6.78. The number of nitrogens with one attached hydrogen (secondary N) is 1. The summed E-state index contributed by atoms with van der Waals surface area (Å²) in [4.78, 5) is 12.4. The lowest BCUT2D eigenvalue weighted by atomic mass is 10.1. The van der Waals surface area contributed by atoms with Crippen molar-refractivity contribution in [3.8, 4) is 11.5 Å². The molecule has 1 heterocycles. The van der Waals surface area contributed by atoms with E-state index in [1.165, 1.54) is 14.2 Å². The molecule has 2 rings (SSSR count). The summed E-state index contributed by atoms with van der Waals surface area (Å²) in [6, 6.07) is 5.20. The molecule has 0 bridgehead atoms. The van der Waals surface area contributed by atoms with Crippen LogP contribution < -0.4 is 14.8 Å². The zero-order valence-electron chi connectivity index (χ0n) is 12.8. The molecule has 1 N–H and O–H groups in total. The molecule has 0 saturated carbocycles. The number of methoxy groups -OCH3 is 2. The Kier molecular flexibility index (Phi) is 4.69. The fourth-order valence-electron chi connectivity index (χ4n) is 2.23. The van der Waals surface area contributed by atoms with Crippen molar-refractivity contribution in [3.05, 3.63) is 23.8 Å². The molecular weight excluding hydrogens is 274 g/mol. The maximum Gasteiger partial charge on any atom is 0.258 e. The van der Waals surface area contributed by atoms with Crippen LogP contribution in [0, 0.1) is 0 Å². The summed E-state index contributed by atoms with van der Waals surface area (Å²) in [5.41, 5.74) is 0.376. The van der Waals surface area contributed by atoms with Gasteiger partial charge in [0.15, 0.2) is 5.79 Å². The van der Waals surface area contributed by atoms with Gasteiger partial charge in [-0.1, -0.05) is 6.07 Å². The highest BCUT2D eigenvalue weighted by atomic mass is 16.7. The van der Waals surface area contributed by atoms with E-state index in [0.717, 1.165) is 0 Å². The van der Waals surface area contributed by atoms with Crippen LogP contribution >= 0.6 is 0 Å². The Morgan fingerprint density at radius 1 is 1.33 bits per heavy atom. The normalized spacial score (nSPS) is 20.1. The molecule has 0 aromatic heterocycles. The van der Waals surface area contributed by atoms with Gasteiger partial charge in [-0.3, -0.25) is 4.79 Å². The number of amides is 1. The number of hydrogen-bond donors (Lipinski definition) is 1. The largest absolute Gasteiger partial charge is 0.496 e.